The maximum Gasteiger partial charge on any atom is 0.0174 e. The van der Waals surface area contributed by atoms with Gasteiger partial charge in [0.1, 0.15) is 0 Å². The first kappa shape index (κ1) is 6.30. The van der Waals surface area contributed by atoms with E-state index < -0.39 is 0 Å². The van der Waals surface area contributed by atoms with Crippen molar-refractivity contribution in [3.63, 3.8) is 0 Å². The summed E-state index contributed by atoms with van der Waals surface area (Å²) in [5, 5.41) is 0. The molecule has 0 aromatic rings. The van der Waals surface area contributed by atoms with Gasteiger partial charge in [-0.3, -0.25) is 4.31 Å². The van der Waals surface area contributed by atoms with Gasteiger partial charge in [-0.25, -0.2) is 0 Å². The van der Waals surface area contributed by atoms with Crippen molar-refractivity contribution < 1.29 is 0 Å². The lowest BCUT2D eigenvalue weighted by Gasteiger charge is -2.14. The van der Waals surface area contributed by atoms with Gasteiger partial charge in [0.2, 0.25) is 0 Å². The molecule has 0 spiro atoms. The third-order valence-corrected chi connectivity index (χ3v) is 3.68. The SMILES string of the molecule is C=S1CCC(C)N1C. The molecule has 0 aromatic heterocycles. The zero-order valence-electron chi connectivity index (χ0n) is 5.55. The first-order valence-electron chi connectivity index (χ1n) is 2.95. The monoisotopic (exact) mass is 131 g/mol. The zero-order chi connectivity index (χ0) is 6.15. The first-order valence-corrected chi connectivity index (χ1v) is 4.47. The van der Waals surface area contributed by atoms with Crippen LogP contribution in [0.1, 0.15) is 13.3 Å². The number of hydrogen-bond acceptors (Lipinski definition) is 1. The molecule has 1 aliphatic rings. The van der Waals surface area contributed by atoms with Crippen molar-refractivity contribution >= 4 is 16.5 Å². The molecule has 2 heteroatoms. The Labute approximate surface area is 53.7 Å². The highest BCUT2D eigenvalue weighted by molar-refractivity contribution is 8.12. The van der Waals surface area contributed by atoms with Crippen LogP contribution in [0, 0.1) is 0 Å². The van der Waals surface area contributed by atoms with Crippen LogP contribution in [0.3, 0.4) is 0 Å². The maximum absolute atomic E-state index is 4.02. The fraction of sp³-hybridized carbons (Fsp3) is 0.833. The molecule has 1 rings (SSSR count). The van der Waals surface area contributed by atoms with Crippen LogP contribution in [0.2, 0.25) is 0 Å². The van der Waals surface area contributed by atoms with E-state index in [9.17, 15) is 0 Å². The quantitative estimate of drug-likeness (QED) is 0.448. The molecular weight excluding hydrogens is 118 g/mol. The van der Waals surface area contributed by atoms with Crippen LogP contribution in [-0.2, 0) is 0 Å². The molecule has 0 N–H and O–H groups in total. The molecular formula is C6H13NS. The molecule has 1 heterocycles. The minimum atomic E-state index is 0.336. The van der Waals surface area contributed by atoms with E-state index in [-0.39, 0.29) is 0 Å². The van der Waals surface area contributed by atoms with Crippen LogP contribution >= 0.6 is 10.7 Å². The summed E-state index contributed by atoms with van der Waals surface area (Å²) in [5.74, 6) is 5.33. The molecule has 0 aliphatic carbocycles. The Bertz CT molecular complexity index is 111. The first-order chi connectivity index (χ1) is 3.72. The molecule has 48 valence electrons. The Morgan fingerprint density at radius 3 is 2.50 bits per heavy atom. The molecule has 0 amide bonds. The highest BCUT2D eigenvalue weighted by Crippen LogP contribution is 2.28. The summed E-state index contributed by atoms with van der Waals surface area (Å²) in [6.45, 7) is 2.26. The molecule has 8 heavy (non-hydrogen) atoms. The highest BCUT2D eigenvalue weighted by Gasteiger charge is 2.17. The maximum atomic E-state index is 4.02. The Morgan fingerprint density at radius 2 is 2.38 bits per heavy atom. The lowest BCUT2D eigenvalue weighted by atomic mass is 10.3. The summed E-state index contributed by atoms with van der Waals surface area (Å²) in [6, 6.07) is 0.774. The van der Waals surface area contributed by atoms with Gasteiger partial charge < -0.3 is 0 Å². The summed E-state index contributed by atoms with van der Waals surface area (Å²) >= 11 is 0. The molecule has 2 atom stereocenters. The molecule has 0 aromatic carbocycles. The molecule has 1 nitrogen and oxygen atoms in total. The van der Waals surface area contributed by atoms with Crippen molar-refractivity contribution in [2.75, 3.05) is 12.8 Å². The largest absolute Gasteiger partial charge is 0.257 e. The lowest BCUT2D eigenvalue weighted by molar-refractivity contribution is 0.456. The van der Waals surface area contributed by atoms with Crippen molar-refractivity contribution in [3.05, 3.63) is 0 Å². The van der Waals surface area contributed by atoms with Crippen molar-refractivity contribution in [2.45, 2.75) is 19.4 Å². The van der Waals surface area contributed by atoms with Crippen LogP contribution in [0.4, 0.5) is 0 Å². The average molecular weight is 131 g/mol. The second-order valence-corrected chi connectivity index (χ2v) is 4.26. The molecule has 0 radical (unpaired) electrons. The topological polar surface area (TPSA) is 3.24 Å². The van der Waals surface area contributed by atoms with Gasteiger partial charge in [0.25, 0.3) is 0 Å². The van der Waals surface area contributed by atoms with E-state index in [1.54, 1.807) is 0 Å². The second-order valence-electron chi connectivity index (χ2n) is 2.35. The predicted molar refractivity (Wildman–Crippen MR) is 41.4 cm³/mol. The van der Waals surface area contributed by atoms with E-state index in [4.69, 9.17) is 0 Å². The Balaban J connectivity index is 2.56. The third kappa shape index (κ3) is 0.955. The van der Waals surface area contributed by atoms with Gasteiger partial charge >= 0.3 is 0 Å². The van der Waals surface area contributed by atoms with E-state index in [0.717, 1.165) is 6.04 Å². The van der Waals surface area contributed by atoms with Crippen molar-refractivity contribution in [3.8, 4) is 0 Å². The van der Waals surface area contributed by atoms with E-state index in [0.29, 0.717) is 10.7 Å². The molecule has 1 saturated heterocycles. The Hall–Kier alpha value is 0.180. The normalized spacial score (nSPS) is 40.8. The van der Waals surface area contributed by atoms with E-state index in [1.165, 1.54) is 12.2 Å². The lowest BCUT2D eigenvalue weighted by Crippen LogP contribution is -2.15. The average Bonchev–Trinajstić information content (AvgIpc) is 1.98. The minimum absolute atomic E-state index is 0.336. The Morgan fingerprint density at radius 1 is 1.75 bits per heavy atom. The van der Waals surface area contributed by atoms with Gasteiger partial charge in [-0.2, -0.15) is 0 Å². The summed E-state index contributed by atoms with van der Waals surface area (Å²) in [7, 11) is 2.50. The zero-order valence-corrected chi connectivity index (χ0v) is 6.37. The van der Waals surface area contributed by atoms with Crippen molar-refractivity contribution in [1.82, 2.24) is 4.31 Å². The highest BCUT2D eigenvalue weighted by atomic mass is 32.2. The molecule has 1 aliphatic heterocycles. The second kappa shape index (κ2) is 2.19. The van der Waals surface area contributed by atoms with Crippen LogP contribution in [-0.4, -0.2) is 29.0 Å². The predicted octanol–water partition coefficient (Wildman–Crippen LogP) is 1.33. The van der Waals surface area contributed by atoms with Gasteiger partial charge in [0, 0.05) is 11.8 Å². The molecule has 0 bridgehead atoms. The molecule has 1 fully saturated rings. The van der Waals surface area contributed by atoms with Crippen molar-refractivity contribution in [1.29, 1.82) is 0 Å². The van der Waals surface area contributed by atoms with E-state index in [2.05, 4.69) is 24.1 Å². The van der Waals surface area contributed by atoms with Gasteiger partial charge in [-0.05, 0) is 20.4 Å². The number of nitrogens with zero attached hydrogens (tertiary/aromatic N) is 1. The fourth-order valence-electron chi connectivity index (χ4n) is 0.887. The van der Waals surface area contributed by atoms with E-state index in [1.807, 2.05) is 0 Å². The van der Waals surface area contributed by atoms with Crippen LogP contribution in [0.5, 0.6) is 0 Å². The Kier molecular flexibility index (Phi) is 1.73. The van der Waals surface area contributed by atoms with Crippen LogP contribution in [0.15, 0.2) is 0 Å². The van der Waals surface area contributed by atoms with Gasteiger partial charge in [0.05, 0.1) is 0 Å². The van der Waals surface area contributed by atoms with Crippen LogP contribution < -0.4 is 0 Å². The number of rotatable bonds is 0. The minimum Gasteiger partial charge on any atom is -0.257 e. The summed E-state index contributed by atoms with van der Waals surface area (Å²) in [4.78, 5) is 0. The van der Waals surface area contributed by atoms with Gasteiger partial charge in [0.15, 0.2) is 0 Å². The molecule has 0 saturated carbocycles. The van der Waals surface area contributed by atoms with Crippen molar-refractivity contribution in [2.24, 2.45) is 0 Å². The van der Waals surface area contributed by atoms with Crippen LogP contribution in [0.25, 0.3) is 0 Å². The summed E-state index contributed by atoms with van der Waals surface area (Å²) in [5.41, 5.74) is 0. The summed E-state index contributed by atoms with van der Waals surface area (Å²) in [6.07, 6.45) is 1.34. The smallest absolute Gasteiger partial charge is 0.0174 e. The number of hydrogen-bond donors (Lipinski definition) is 0. The summed E-state index contributed by atoms with van der Waals surface area (Å²) < 4.78 is 2.36. The third-order valence-electron chi connectivity index (χ3n) is 1.80. The standard InChI is InChI=1S/C6H13NS/c1-6-4-5-8(3)7(6)2/h6H,3-5H2,1-2H3. The van der Waals surface area contributed by atoms with Gasteiger partial charge in [-0.15, -0.1) is 10.7 Å². The fourth-order valence-corrected chi connectivity index (χ4v) is 2.40. The molecule has 2 unspecified atom stereocenters. The van der Waals surface area contributed by atoms with Gasteiger partial charge in [-0.1, -0.05) is 5.87 Å². The van der Waals surface area contributed by atoms with E-state index >= 15 is 0 Å².